The molecule has 110 heavy (non-hydrogen) atoms. The van der Waals surface area contributed by atoms with Crippen LogP contribution in [0.2, 0.25) is 0 Å². The van der Waals surface area contributed by atoms with E-state index in [9.17, 15) is 0 Å². The zero-order valence-electron chi connectivity index (χ0n) is 59.8. The summed E-state index contributed by atoms with van der Waals surface area (Å²) in [5, 5.41) is 10.4. The lowest BCUT2D eigenvalue weighted by atomic mass is 9.70. The van der Waals surface area contributed by atoms with Gasteiger partial charge in [-0.2, -0.15) is 0 Å². The predicted octanol–water partition coefficient (Wildman–Crippen LogP) is 29.4. The summed E-state index contributed by atoms with van der Waals surface area (Å²) in [6.07, 6.45) is 0. The van der Waals surface area contributed by atoms with Gasteiger partial charge in [0.15, 0.2) is 0 Å². The van der Waals surface area contributed by atoms with Crippen LogP contribution in [0.4, 0.5) is 34.1 Å². The van der Waals surface area contributed by atoms with Crippen molar-refractivity contribution in [1.29, 1.82) is 0 Å². The van der Waals surface area contributed by atoms with Crippen LogP contribution in [-0.4, -0.2) is 0 Å². The van der Waals surface area contributed by atoms with Crippen molar-refractivity contribution in [2.45, 2.75) is 10.8 Å². The van der Waals surface area contributed by atoms with Crippen molar-refractivity contribution >= 4 is 119 Å². The molecule has 2 aromatic heterocycles. The topological polar surface area (TPSA) is 6.48 Å². The molecule has 2 unspecified atom stereocenters. The lowest BCUT2D eigenvalue weighted by Gasteiger charge is -2.32. The molecule has 0 radical (unpaired) electrons. The second kappa shape index (κ2) is 24.5. The molecule has 20 aromatic rings. The van der Waals surface area contributed by atoms with Crippen LogP contribution in [0.25, 0.3) is 129 Å². The highest BCUT2D eigenvalue weighted by Gasteiger charge is 2.54. The Morgan fingerprint density at radius 2 is 0.545 bits per heavy atom. The number of rotatable bonds is 8. The molecule has 18 aromatic carbocycles. The van der Waals surface area contributed by atoms with E-state index in [0.717, 1.165) is 34.1 Å². The molecule has 24 rings (SSSR count). The average Bonchev–Trinajstić information content (AvgIpc) is 1.51. The van der Waals surface area contributed by atoms with Crippen LogP contribution in [0.3, 0.4) is 0 Å². The molecule has 0 bridgehead atoms. The van der Waals surface area contributed by atoms with Crippen LogP contribution in [0.5, 0.6) is 0 Å². The van der Waals surface area contributed by atoms with Gasteiger partial charge in [0.05, 0.1) is 10.8 Å². The average molecular weight is 1430 g/mol. The third-order valence-corrected chi connectivity index (χ3v) is 26.5. The Labute approximate surface area is 646 Å². The first-order chi connectivity index (χ1) is 54.6. The van der Waals surface area contributed by atoms with Gasteiger partial charge in [0.1, 0.15) is 0 Å². The van der Waals surface area contributed by atoms with E-state index in [1.807, 2.05) is 22.7 Å². The molecule has 2 nitrogen and oxygen atoms in total. The number of hydrogen-bond acceptors (Lipinski definition) is 4. The predicted molar refractivity (Wildman–Crippen MR) is 467 cm³/mol. The summed E-state index contributed by atoms with van der Waals surface area (Å²) in [5.41, 5.74) is 32.4. The van der Waals surface area contributed by atoms with Crippen LogP contribution in [0, 0.1) is 0 Å². The molecular formula is C106H66N2S2. The first kappa shape index (κ1) is 62.7. The van der Waals surface area contributed by atoms with Crippen molar-refractivity contribution in [3.63, 3.8) is 0 Å². The molecule has 0 amide bonds. The van der Waals surface area contributed by atoms with Crippen molar-refractivity contribution < 1.29 is 0 Å². The molecule has 2 atom stereocenters. The van der Waals surface area contributed by atoms with E-state index < -0.39 is 10.8 Å². The Kier molecular flexibility index (Phi) is 14.0. The minimum absolute atomic E-state index is 0.444. The molecule has 2 spiro atoms. The quantitative estimate of drug-likeness (QED) is 0.150. The minimum Gasteiger partial charge on any atom is -0.310 e. The summed E-state index contributed by atoms with van der Waals surface area (Å²) < 4.78 is 5.43. The van der Waals surface area contributed by atoms with Crippen molar-refractivity contribution in [3.8, 4) is 66.8 Å². The van der Waals surface area contributed by atoms with Crippen LogP contribution in [0.15, 0.2) is 400 Å². The van der Waals surface area contributed by atoms with Crippen LogP contribution < -0.4 is 9.80 Å². The van der Waals surface area contributed by atoms with Gasteiger partial charge in [-0.25, -0.2) is 0 Å². The lowest BCUT2D eigenvalue weighted by Crippen LogP contribution is -2.26. The molecule has 0 saturated heterocycles. The van der Waals surface area contributed by atoms with Gasteiger partial charge < -0.3 is 9.80 Å². The molecule has 512 valence electrons. The molecule has 4 aliphatic rings. The van der Waals surface area contributed by atoms with E-state index in [-0.39, 0.29) is 0 Å². The van der Waals surface area contributed by atoms with Gasteiger partial charge in [0.2, 0.25) is 0 Å². The molecule has 0 fully saturated rings. The van der Waals surface area contributed by atoms with Gasteiger partial charge in [-0.1, -0.05) is 309 Å². The summed E-state index contributed by atoms with van der Waals surface area (Å²) in [6, 6.07) is 149. The SMILES string of the molecule is c1ccc(N(c2ccc(-c3ccc4ccccc4c3)cc2)c2ccc3c(c2)C2(c4ccccc4-3)c3ccccc3-c3c2ccc2c3sc3ccccc32)cc1.c1ccc(N(c2ccc(-c3cccc4ccccc34)cc2)c2ccc3c(c2)C2(c4ccccc4-3)c3ccccc3-c3c2ccc2c3sc3ccccc32)cc1. The fraction of sp³-hybridized carbons (Fsp3) is 0.0189. The van der Waals surface area contributed by atoms with Crippen molar-refractivity contribution in [1.82, 2.24) is 0 Å². The molecule has 4 heteroatoms. The van der Waals surface area contributed by atoms with Crippen molar-refractivity contribution in [2.75, 3.05) is 9.80 Å². The first-order valence-corrected chi connectivity index (χ1v) is 39.7. The largest absolute Gasteiger partial charge is 0.310 e. The normalized spacial score (nSPS) is 15.0. The number of benzene rings is 18. The van der Waals surface area contributed by atoms with E-state index in [1.54, 1.807) is 0 Å². The maximum absolute atomic E-state index is 2.49. The number of fused-ring (bicyclic) bond motifs is 30. The maximum atomic E-state index is 2.49. The number of nitrogens with zero attached hydrogens (tertiary/aromatic N) is 2. The second-order valence-corrected chi connectivity index (χ2v) is 31.7. The summed E-state index contributed by atoms with van der Waals surface area (Å²) in [4.78, 5) is 4.83. The first-order valence-electron chi connectivity index (χ1n) is 38.0. The van der Waals surface area contributed by atoms with Gasteiger partial charge in [-0.15, -0.1) is 22.7 Å². The van der Waals surface area contributed by atoms with Gasteiger partial charge in [-0.05, 0) is 213 Å². The van der Waals surface area contributed by atoms with Gasteiger partial charge in [0.25, 0.3) is 0 Å². The smallest absolute Gasteiger partial charge is 0.0726 e. The highest BCUT2D eigenvalue weighted by molar-refractivity contribution is 7.26. The number of para-hydroxylation sites is 2. The standard InChI is InChI=1S/2C53H33NS/c1-2-15-36(16-3-1)54(37-27-25-35(26-28-37)40-21-12-14-34-13-4-5-17-39(34)40)38-29-30-42-41-18-6-9-22-46(41)53(49(42)33-38)47-23-10-7-20-45(47)51-48(53)32-31-44-43-19-8-11-24-50(43)55-52(44)51;1-2-14-38(15-3-1)54(39-26-24-35(25-27-39)37-23-22-34-12-4-5-13-36(34)32-37)40-28-29-42-41-16-6-9-19-46(41)53(49(42)33-40)47-20-10-7-18-45(47)51-48(53)31-30-44-43-17-8-11-21-50(43)55-52(44)51/h2*1-33H. The van der Waals surface area contributed by atoms with Crippen LogP contribution in [-0.2, 0) is 10.8 Å². The van der Waals surface area contributed by atoms with Crippen molar-refractivity contribution in [3.05, 3.63) is 445 Å². The van der Waals surface area contributed by atoms with Crippen molar-refractivity contribution in [2.24, 2.45) is 0 Å². The van der Waals surface area contributed by atoms with E-state index in [4.69, 9.17) is 0 Å². The third kappa shape index (κ3) is 9.09. The fourth-order valence-electron chi connectivity index (χ4n) is 19.5. The summed E-state index contributed by atoms with van der Waals surface area (Å²) in [6.45, 7) is 0. The molecule has 2 heterocycles. The number of thiophene rings is 2. The number of anilines is 6. The lowest BCUT2D eigenvalue weighted by molar-refractivity contribution is 0.794. The summed E-state index contributed by atoms with van der Waals surface area (Å²) in [5.74, 6) is 0. The molecule has 4 aliphatic carbocycles. The molecule has 0 saturated carbocycles. The number of hydrogen-bond donors (Lipinski definition) is 0. The van der Waals surface area contributed by atoms with Crippen LogP contribution in [0.1, 0.15) is 44.5 Å². The van der Waals surface area contributed by atoms with E-state index in [2.05, 4.69) is 410 Å². The highest BCUT2D eigenvalue weighted by Crippen LogP contribution is 2.67. The Morgan fingerprint density at radius 1 is 0.182 bits per heavy atom. The van der Waals surface area contributed by atoms with Gasteiger partial charge in [-0.3, -0.25) is 0 Å². The van der Waals surface area contributed by atoms with Crippen LogP contribution >= 0.6 is 22.7 Å². The Morgan fingerprint density at radius 3 is 1.06 bits per heavy atom. The summed E-state index contributed by atoms with van der Waals surface area (Å²) >= 11 is 3.86. The minimum atomic E-state index is -0.446. The Bertz CT molecular complexity index is 7160. The van der Waals surface area contributed by atoms with Gasteiger partial charge in [0, 0.05) is 85.6 Å². The molecular weight excluding hydrogens is 1370 g/mol. The zero-order valence-corrected chi connectivity index (χ0v) is 61.4. The third-order valence-electron chi connectivity index (χ3n) is 24.1. The zero-order chi connectivity index (χ0) is 72.2. The van der Waals surface area contributed by atoms with Gasteiger partial charge >= 0.3 is 0 Å². The Balaban J connectivity index is 0.000000132. The van der Waals surface area contributed by atoms with E-state index in [1.165, 1.54) is 173 Å². The maximum Gasteiger partial charge on any atom is 0.0726 e. The fourth-order valence-corrected chi connectivity index (χ4v) is 22.1. The monoisotopic (exact) mass is 1430 g/mol. The second-order valence-electron chi connectivity index (χ2n) is 29.6. The molecule has 0 N–H and O–H groups in total. The van der Waals surface area contributed by atoms with E-state index >= 15 is 0 Å². The molecule has 0 aliphatic heterocycles. The summed E-state index contributed by atoms with van der Waals surface area (Å²) in [7, 11) is 0. The Hall–Kier alpha value is -13.5. The van der Waals surface area contributed by atoms with E-state index in [0.29, 0.717) is 0 Å². The highest BCUT2D eigenvalue weighted by atomic mass is 32.1.